The van der Waals surface area contributed by atoms with Gasteiger partial charge in [0.2, 0.25) is 5.91 Å². The molecule has 1 aromatic heterocycles. The number of thiazole rings is 1. The zero-order chi connectivity index (χ0) is 15.6. The summed E-state index contributed by atoms with van der Waals surface area (Å²) in [5, 5.41) is 4.69. The van der Waals surface area contributed by atoms with Crippen LogP contribution < -0.4 is 5.32 Å². The molecule has 0 atom stereocenters. The lowest BCUT2D eigenvalue weighted by atomic mass is 10.1. The van der Waals surface area contributed by atoms with Crippen molar-refractivity contribution in [1.82, 2.24) is 4.98 Å². The van der Waals surface area contributed by atoms with Gasteiger partial charge in [-0.15, -0.1) is 11.3 Å². The van der Waals surface area contributed by atoms with Crippen molar-refractivity contribution < 1.29 is 18.0 Å². The van der Waals surface area contributed by atoms with Crippen LogP contribution in [0.1, 0.15) is 16.3 Å². The van der Waals surface area contributed by atoms with Crippen LogP contribution >= 0.6 is 22.9 Å². The molecule has 1 amide bonds. The second-order valence-electron chi connectivity index (χ2n) is 4.27. The first-order valence-corrected chi connectivity index (χ1v) is 7.09. The summed E-state index contributed by atoms with van der Waals surface area (Å²) in [6.45, 7) is 1.78. The van der Waals surface area contributed by atoms with Crippen LogP contribution in [0.4, 0.5) is 18.9 Å². The first-order chi connectivity index (χ1) is 9.75. The van der Waals surface area contributed by atoms with Crippen molar-refractivity contribution in [2.75, 3.05) is 5.32 Å². The molecular formula is C13H10ClF3N2OS. The Morgan fingerprint density at radius 1 is 1.43 bits per heavy atom. The molecule has 0 aliphatic carbocycles. The molecule has 0 unspecified atom stereocenters. The molecule has 3 nitrogen and oxygen atoms in total. The van der Waals surface area contributed by atoms with Gasteiger partial charge in [-0.2, -0.15) is 13.2 Å². The molecule has 0 saturated carbocycles. The Bertz CT molecular complexity index is 670. The summed E-state index contributed by atoms with van der Waals surface area (Å²) < 4.78 is 38.7. The fourth-order valence-corrected chi connectivity index (χ4v) is 2.49. The van der Waals surface area contributed by atoms with Crippen LogP contribution in [-0.4, -0.2) is 10.9 Å². The number of hydrogen-bond acceptors (Lipinski definition) is 3. The molecule has 21 heavy (non-hydrogen) atoms. The number of aryl methyl sites for hydroxylation is 1. The van der Waals surface area contributed by atoms with Crippen molar-refractivity contribution in [2.45, 2.75) is 19.5 Å². The van der Waals surface area contributed by atoms with Crippen LogP contribution in [0.2, 0.25) is 5.02 Å². The lowest BCUT2D eigenvalue weighted by molar-refractivity contribution is -0.137. The molecule has 0 bridgehead atoms. The number of aromatic nitrogens is 1. The van der Waals surface area contributed by atoms with Gasteiger partial charge in [0.05, 0.1) is 28.4 Å². The number of amides is 1. The average molecular weight is 335 g/mol. The summed E-state index contributed by atoms with van der Waals surface area (Å²) in [5.74, 6) is -0.562. The second kappa shape index (κ2) is 6.03. The third kappa shape index (κ3) is 4.18. The van der Waals surface area contributed by atoms with E-state index in [1.807, 2.05) is 0 Å². The lowest BCUT2D eigenvalue weighted by Gasteiger charge is -2.13. The summed E-state index contributed by atoms with van der Waals surface area (Å²) in [7, 11) is 0. The SMILES string of the molecule is Cc1nc(CC(=O)Nc2ccc(Cl)cc2C(F)(F)F)cs1. The normalized spacial score (nSPS) is 11.5. The molecule has 112 valence electrons. The molecule has 1 aromatic carbocycles. The smallest absolute Gasteiger partial charge is 0.325 e. The van der Waals surface area contributed by atoms with E-state index >= 15 is 0 Å². The van der Waals surface area contributed by atoms with Crippen molar-refractivity contribution in [1.29, 1.82) is 0 Å². The van der Waals surface area contributed by atoms with Gasteiger partial charge in [-0.1, -0.05) is 11.6 Å². The van der Waals surface area contributed by atoms with E-state index in [1.165, 1.54) is 17.4 Å². The number of benzene rings is 1. The molecular weight excluding hydrogens is 325 g/mol. The van der Waals surface area contributed by atoms with Crippen molar-refractivity contribution in [2.24, 2.45) is 0 Å². The Morgan fingerprint density at radius 3 is 2.71 bits per heavy atom. The summed E-state index contributed by atoms with van der Waals surface area (Å²) in [4.78, 5) is 15.9. The highest BCUT2D eigenvalue weighted by Gasteiger charge is 2.34. The van der Waals surface area contributed by atoms with E-state index in [9.17, 15) is 18.0 Å². The maximum absolute atomic E-state index is 12.9. The number of rotatable bonds is 3. The number of nitrogens with one attached hydrogen (secondary N) is 1. The molecule has 1 N–H and O–H groups in total. The molecule has 2 rings (SSSR count). The van der Waals surface area contributed by atoms with E-state index < -0.39 is 17.6 Å². The van der Waals surface area contributed by atoms with E-state index in [1.54, 1.807) is 12.3 Å². The number of halogens is 4. The van der Waals surface area contributed by atoms with Gasteiger partial charge in [-0.3, -0.25) is 4.79 Å². The maximum Gasteiger partial charge on any atom is 0.418 e. The zero-order valence-electron chi connectivity index (χ0n) is 10.8. The van der Waals surface area contributed by atoms with E-state index in [2.05, 4.69) is 10.3 Å². The van der Waals surface area contributed by atoms with E-state index in [0.29, 0.717) is 5.69 Å². The minimum atomic E-state index is -4.59. The van der Waals surface area contributed by atoms with Gasteiger partial charge in [0.15, 0.2) is 0 Å². The van der Waals surface area contributed by atoms with Crippen molar-refractivity contribution >= 4 is 34.5 Å². The van der Waals surface area contributed by atoms with Gasteiger partial charge in [-0.05, 0) is 25.1 Å². The van der Waals surface area contributed by atoms with Crippen molar-refractivity contribution in [3.63, 3.8) is 0 Å². The van der Waals surface area contributed by atoms with Crippen molar-refractivity contribution in [3.05, 3.63) is 44.9 Å². The third-order valence-electron chi connectivity index (χ3n) is 2.57. The summed E-state index contributed by atoms with van der Waals surface area (Å²) in [6, 6.07) is 3.21. The monoisotopic (exact) mass is 334 g/mol. The molecule has 2 aromatic rings. The first-order valence-electron chi connectivity index (χ1n) is 5.83. The Balaban J connectivity index is 2.17. The topological polar surface area (TPSA) is 42.0 Å². The Morgan fingerprint density at radius 2 is 2.14 bits per heavy atom. The third-order valence-corrected chi connectivity index (χ3v) is 3.63. The Kier molecular flexibility index (Phi) is 4.53. The van der Waals surface area contributed by atoms with Gasteiger partial charge in [0.25, 0.3) is 0 Å². The van der Waals surface area contributed by atoms with Crippen molar-refractivity contribution in [3.8, 4) is 0 Å². The molecule has 1 heterocycles. The van der Waals surface area contributed by atoms with Crippen LogP contribution in [0.5, 0.6) is 0 Å². The van der Waals surface area contributed by atoms with Crippen LogP contribution in [0.3, 0.4) is 0 Å². The second-order valence-corrected chi connectivity index (χ2v) is 5.77. The predicted molar refractivity (Wildman–Crippen MR) is 75.6 cm³/mol. The van der Waals surface area contributed by atoms with Crippen LogP contribution in [0.15, 0.2) is 23.6 Å². The minimum Gasteiger partial charge on any atom is -0.325 e. The molecule has 0 aliphatic rings. The Labute approximate surface area is 127 Å². The zero-order valence-corrected chi connectivity index (χ0v) is 12.4. The number of hydrogen-bond donors (Lipinski definition) is 1. The molecule has 0 aliphatic heterocycles. The van der Waals surface area contributed by atoms with E-state index in [-0.39, 0.29) is 17.1 Å². The van der Waals surface area contributed by atoms with Gasteiger partial charge >= 0.3 is 6.18 Å². The number of alkyl halides is 3. The van der Waals surface area contributed by atoms with Gasteiger partial charge in [-0.25, -0.2) is 4.98 Å². The highest BCUT2D eigenvalue weighted by molar-refractivity contribution is 7.09. The lowest BCUT2D eigenvalue weighted by Crippen LogP contribution is -2.18. The van der Waals surface area contributed by atoms with Crippen LogP contribution in [-0.2, 0) is 17.4 Å². The molecule has 0 fully saturated rings. The summed E-state index contributed by atoms with van der Waals surface area (Å²) >= 11 is 6.94. The maximum atomic E-state index is 12.9. The first kappa shape index (κ1) is 15.8. The van der Waals surface area contributed by atoms with Gasteiger partial charge in [0.1, 0.15) is 0 Å². The largest absolute Gasteiger partial charge is 0.418 e. The quantitative estimate of drug-likeness (QED) is 0.909. The Hall–Kier alpha value is -1.60. The fourth-order valence-electron chi connectivity index (χ4n) is 1.71. The average Bonchev–Trinajstić information content (AvgIpc) is 2.75. The predicted octanol–water partition coefficient (Wildman–Crippen LogP) is 4.30. The number of carbonyl (C=O) groups excluding carboxylic acids is 1. The van der Waals surface area contributed by atoms with Gasteiger partial charge < -0.3 is 5.32 Å². The number of carbonyl (C=O) groups is 1. The van der Waals surface area contributed by atoms with Crippen LogP contribution in [0, 0.1) is 6.92 Å². The number of nitrogens with zero attached hydrogens (tertiary/aromatic N) is 1. The summed E-state index contributed by atoms with van der Waals surface area (Å²) in [5.41, 5.74) is -0.765. The number of anilines is 1. The van der Waals surface area contributed by atoms with Gasteiger partial charge in [0, 0.05) is 10.4 Å². The highest BCUT2D eigenvalue weighted by Crippen LogP contribution is 2.36. The summed E-state index contributed by atoms with van der Waals surface area (Å²) in [6.07, 6.45) is -4.67. The van der Waals surface area contributed by atoms with E-state index in [0.717, 1.165) is 17.1 Å². The standard InChI is InChI=1S/C13H10ClF3N2OS/c1-7-18-9(6-21-7)5-12(20)19-11-3-2-8(14)4-10(11)13(15,16)17/h2-4,6H,5H2,1H3,(H,19,20). The molecule has 8 heteroatoms. The molecule has 0 saturated heterocycles. The van der Waals surface area contributed by atoms with Crippen LogP contribution in [0.25, 0.3) is 0 Å². The molecule has 0 spiro atoms. The molecule has 0 radical (unpaired) electrons. The highest BCUT2D eigenvalue weighted by atomic mass is 35.5. The van der Waals surface area contributed by atoms with E-state index in [4.69, 9.17) is 11.6 Å². The fraction of sp³-hybridized carbons (Fsp3) is 0.231. The minimum absolute atomic E-state index is 0.0459.